The van der Waals surface area contributed by atoms with Crippen molar-refractivity contribution in [2.75, 3.05) is 5.32 Å². The zero-order valence-corrected chi connectivity index (χ0v) is 19.4. The van der Waals surface area contributed by atoms with Gasteiger partial charge in [0.25, 0.3) is 0 Å². The summed E-state index contributed by atoms with van der Waals surface area (Å²) in [5.41, 5.74) is -1.77. The topological polar surface area (TPSA) is 106 Å². The molecule has 8 nitrogen and oxygen atoms in total. The number of benzene rings is 2. The number of rotatable bonds is 7. The molecule has 2 N–H and O–H groups in total. The Hall–Kier alpha value is -2.81. The van der Waals surface area contributed by atoms with Gasteiger partial charge in [-0.05, 0) is 49.7 Å². The second kappa shape index (κ2) is 9.36. The maximum absolute atomic E-state index is 13.3. The molecule has 168 valence electrons. The van der Waals surface area contributed by atoms with Gasteiger partial charge in [-0.15, -0.1) is 0 Å². The number of aliphatic carboxylic acids is 1. The summed E-state index contributed by atoms with van der Waals surface area (Å²) < 4.78 is 2.05. The highest BCUT2D eigenvalue weighted by Gasteiger charge is 2.30. The van der Waals surface area contributed by atoms with E-state index in [1.54, 1.807) is 36.4 Å². The van der Waals surface area contributed by atoms with E-state index >= 15 is 0 Å². The molecule has 11 heteroatoms. The van der Waals surface area contributed by atoms with Crippen LogP contribution in [0.5, 0.6) is 0 Å². The van der Waals surface area contributed by atoms with Gasteiger partial charge in [-0.25, -0.2) is 14.2 Å². The molecule has 0 fully saturated rings. The maximum Gasteiger partial charge on any atom is 0.354 e. The van der Waals surface area contributed by atoms with Crippen LogP contribution in [0.3, 0.4) is 0 Å². The van der Waals surface area contributed by atoms with Crippen molar-refractivity contribution < 1.29 is 9.90 Å². The first-order chi connectivity index (χ1) is 15.0. The quantitative estimate of drug-likeness (QED) is 0.505. The molecule has 1 aromatic heterocycles. The second-order valence-electron chi connectivity index (χ2n) is 7.74. The molecule has 0 saturated heterocycles. The van der Waals surface area contributed by atoms with E-state index in [2.05, 4.69) is 10.3 Å². The summed E-state index contributed by atoms with van der Waals surface area (Å²) in [4.78, 5) is 41.5. The van der Waals surface area contributed by atoms with Gasteiger partial charge in [0.15, 0.2) is 0 Å². The fourth-order valence-electron chi connectivity index (χ4n) is 2.84. The third-order valence-electron chi connectivity index (χ3n) is 4.71. The highest BCUT2D eigenvalue weighted by atomic mass is 35.5. The van der Waals surface area contributed by atoms with Crippen LogP contribution in [0.2, 0.25) is 15.1 Å². The van der Waals surface area contributed by atoms with Crippen molar-refractivity contribution in [2.24, 2.45) is 5.41 Å². The van der Waals surface area contributed by atoms with Crippen LogP contribution < -0.4 is 16.7 Å². The van der Waals surface area contributed by atoms with Crippen LogP contribution in [0.1, 0.15) is 19.4 Å². The largest absolute Gasteiger partial charge is 0.481 e. The van der Waals surface area contributed by atoms with Gasteiger partial charge < -0.3 is 10.4 Å². The number of carbonyl (C=O) groups is 1. The molecule has 2 aromatic carbocycles. The highest BCUT2D eigenvalue weighted by molar-refractivity contribution is 6.42. The van der Waals surface area contributed by atoms with Gasteiger partial charge in [0.2, 0.25) is 5.95 Å². The van der Waals surface area contributed by atoms with E-state index in [0.717, 1.165) is 10.1 Å². The normalized spacial score (nSPS) is 11.4. The summed E-state index contributed by atoms with van der Waals surface area (Å²) >= 11 is 18.0. The first-order valence-electron chi connectivity index (χ1n) is 9.39. The van der Waals surface area contributed by atoms with E-state index in [0.29, 0.717) is 15.7 Å². The van der Waals surface area contributed by atoms with Gasteiger partial charge in [0.05, 0.1) is 22.0 Å². The molecule has 1 heterocycles. The summed E-state index contributed by atoms with van der Waals surface area (Å²) in [6.45, 7) is 2.56. The lowest BCUT2D eigenvalue weighted by Crippen LogP contribution is -2.46. The van der Waals surface area contributed by atoms with Crippen LogP contribution in [0.25, 0.3) is 0 Å². The number of nitrogens with zero attached hydrogens (tertiary/aromatic N) is 3. The van der Waals surface area contributed by atoms with Crippen molar-refractivity contribution in [1.82, 2.24) is 14.1 Å². The lowest BCUT2D eigenvalue weighted by molar-refractivity contribution is -0.147. The van der Waals surface area contributed by atoms with Crippen LogP contribution >= 0.6 is 34.8 Å². The SMILES string of the molecule is CC(C)(Cn1c(=O)nc(Nc2ccc(Cl)c(Cl)c2)n(Cc2ccc(Cl)cc2)c1=O)C(=O)O. The predicted molar refractivity (Wildman–Crippen MR) is 124 cm³/mol. The Balaban J connectivity index is 2.13. The number of aromatic nitrogens is 3. The van der Waals surface area contributed by atoms with E-state index < -0.39 is 22.8 Å². The van der Waals surface area contributed by atoms with Crippen molar-refractivity contribution >= 4 is 52.4 Å². The Bertz CT molecular complexity index is 1280. The van der Waals surface area contributed by atoms with E-state index in [1.165, 1.54) is 24.5 Å². The van der Waals surface area contributed by atoms with Gasteiger partial charge >= 0.3 is 17.3 Å². The van der Waals surface area contributed by atoms with Crippen LogP contribution in [0.4, 0.5) is 11.6 Å². The van der Waals surface area contributed by atoms with E-state index in [1.807, 2.05) is 0 Å². The molecule has 0 spiro atoms. The third kappa shape index (κ3) is 5.32. The number of hydrogen-bond donors (Lipinski definition) is 2. The zero-order chi connectivity index (χ0) is 23.6. The number of carboxylic acids is 1. The number of hydrogen-bond acceptors (Lipinski definition) is 5. The fraction of sp³-hybridized carbons (Fsp3) is 0.238. The minimum absolute atomic E-state index is 0.0299. The van der Waals surface area contributed by atoms with Gasteiger partial charge in [0, 0.05) is 17.3 Å². The highest BCUT2D eigenvalue weighted by Crippen LogP contribution is 2.26. The number of carboxylic acid groups (broad SMARTS) is 1. The monoisotopic (exact) mass is 496 g/mol. The molecular weight excluding hydrogens is 479 g/mol. The van der Waals surface area contributed by atoms with Crippen LogP contribution in [0, 0.1) is 5.41 Å². The van der Waals surface area contributed by atoms with Gasteiger partial charge in [-0.2, -0.15) is 4.98 Å². The van der Waals surface area contributed by atoms with Crippen molar-refractivity contribution in [2.45, 2.75) is 26.9 Å². The number of nitrogens with one attached hydrogen (secondary N) is 1. The minimum Gasteiger partial charge on any atom is -0.481 e. The van der Waals surface area contributed by atoms with Crippen molar-refractivity contribution in [3.05, 3.63) is 84.1 Å². The lowest BCUT2D eigenvalue weighted by Gasteiger charge is -2.21. The van der Waals surface area contributed by atoms with Gasteiger partial charge in [0.1, 0.15) is 0 Å². The second-order valence-corrected chi connectivity index (χ2v) is 8.99. The summed E-state index contributed by atoms with van der Waals surface area (Å²) in [6, 6.07) is 11.5. The first-order valence-corrected chi connectivity index (χ1v) is 10.5. The lowest BCUT2D eigenvalue weighted by atomic mass is 9.94. The van der Waals surface area contributed by atoms with Crippen LogP contribution in [0.15, 0.2) is 52.1 Å². The van der Waals surface area contributed by atoms with Crippen molar-refractivity contribution in [3.63, 3.8) is 0 Å². The Kier molecular flexibility index (Phi) is 6.97. The number of halogens is 3. The van der Waals surface area contributed by atoms with Crippen molar-refractivity contribution in [3.8, 4) is 0 Å². The molecule has 3 aromatic rings. The molecule has 0 aliphatic rings. The predicted octanol–water partition coefficient (Wildman–Crippen LogP) is 4.27. The van der Waals surface area contributed by atoms with Gasteiger partial charge in [-0.3, -0.25) is 9.36 Å². The average molecular weight is 498 g/mol. The Labute approximate surface area is 198 Å². The third-order valence-corrected chi connectivity index (χ3v) is 5.70. The first kappa shape index (κ1) is 23.8. The van der Waals surface area contributed by atoms with E-state index in [4.69, 9.17) is 34.8 Å². The molecular formula is C21H19Cl3N4O4. The summed E-state index contributed by atoms with van der Waals surface area (Å²) in [7, 11) is 0. The Morgan fingerprint density at radius 3 is 2.28 bits per heavy atom. The maximum atomic E-state index is 13.3. The molecule has 0 unspecified atom stereocenters. The number of anilines is 2. The Morgan fingerprint density at radius 2 is 1.69 bits per heavy atom. The smallest absolute Gasteiger partial charge is 0.354 e. The Morgan fingerprint density at radius 1 is 1.03 bits per heavy atom. The summed E-state index contributed by atoms with van der Waals surface area (Å²) in [5.74, 6) is -1.18. The minimum atomic E-state index is -1.36. The molecule has 32 heavy (non-hydrogen) atoms. The molecule has 0 aliphatic carbocycles. The fourth-order valence-corrected chi connectivity index (χ4v) is 3.27. The molecule has 0 radical (unpaired) electrons. The average Bonchev–Trinajstić information content (AvgIpc) is 2.72. The summed E-state index contributed by atoms with van der Waals surface area (Å²) in [5, 5.41) is 13.5. The molecule has 0 saturated carbocycles. The van der Waals surface area contributed by atoms with E-state index in [9.17, 15) is 19.5 Å². The molecule has 0 atom stereocenters. The molecule has 0 aliphatic heterocycles. The van der Waals surface area contributed by atoms with E-state index in [-0.39, 0.29) is 24.1 Å². The molecule has 0 amide bonds. The zero-order valence-electron chi connectivity index (χ0n) is 17.1. The van der Waals surface area contributed by atoms with Crippen LogP contribution in [-0.2, 0) is 17.9 Å². The standard InChI is InChI=1S/C21H19Cl3N4O4/c1-21(2,17(29)30)11-28-19(31)26-18(25-14-7-8-15(23)16(24)9-14)27(20(28)32)10-12-3-5-13(22)6-4-12/h3-9H,10-11H2,1-2H3,(H,29,30)(H,25,26,31). The van der Waals surface area contributed by atoms with Gasteiger partial charge in [-0.1, -0.05) is 46.9 Å². The summed E-state index contributed by atoms with van der Waals surface area (Å²) in [6.07, 6.45) is 0. The van der Waals surface area contributed by atoms with Crippen LogP contribution in [-0.4, -0.2) is 25.2 Å². The van der Waals surface area contributed by atoms with Crippen molar-refractivity contribution in [1.29, 1.82) is 0 Å². The molecule has 3 rings (SSSR count). The molecule has 0 bridgehead atoms.